The average molecular weight is 374 g/mol. The van der Waals surface area contributed by atoms with E-state index in [1.165, 1.54) is 102 Å². The molecule has 0 rings (SSSR count). The van der Waals surface area contributed by atoms with E-state index in [0.717, 1.165) is 0 Å². The Labute approximate surface area is 160 Å². The van der Waals surface area contributed by atoms with Crippen molar-refractivity contribution in [2.45, 2.75) is 129 Å². The molecule has 2 unspecified atom stereocenters. The van der Waals surface area contributed by atoms with Crippen molar-refractivity contribution in [2.24, 2.45) is 11.5 Å². The Balaban J connectivity index is 5.11. The molecule has 0 bridgehead atoms. The molecule has 4 N–H and O–H groups in total. The van der Waals surface area contributed by atoms with Gasteiger partial charge in [0, 0.05) is 7.26 Å². The van der Waals surface area contributed by atoms with Crippen LogP contribution in [0.15, 0.2) is 0 Å². The smallest absolute Gasteiger partial charge is 0.118 e. The molecule has 0 heterocycles. The zero-order valence-electron chi connectivity index (χ0n) is 18.1. The number of hydrogen-bond acceptors (Lipinski definition) is 2. The van der Waals surface area contributed by atoms with Gasteiger partial charge in [0.25, 0.3) is 0 Å². The summed E-state index contributed by atoms with van der Waals surface area (Å²) in [7, 11) is -1.26. The molecule has 0 radical (unpaired) electrons. The first-order valence-electron chi connectivity index (χ1n) is 11.5. The standard InChI is InChI=1S/C22H50N2P/c1-5-9-13-15-19-25(20-16-14-10-6-2,21(23)17-11-7-3)22(24)18-12-8-4/h21-22H,5-20,23-24H2,1-4H3/q+1. The summed E-state index contributed by atoms with van der Waals surface area (Å²) in [6.07, 6.45) is 21.0. The maximum Gasteiger partial charge on any atom is 0.118 e. The Morgan fingerprint density at radius 2 is 0.880 bits per heavy atom. The van der Waals surface area contributed by atoms with Crippen LogP contribution in [-0.4, -0.2) is 23.9 Å². The summed E-state index contributed by atoms with van der Waals surface area (Å²) in [5.41, 5.74) is 13.8. The first-order valence-corrected chi connectivity index (χ1v) is 13.8. The van der Waals surface area contributed by atoms with Crippen molar-refractivity contribution in [3.8, 4) is 0 Å². The fourth-order valence-corrected chi connectivity index (χ4v) is 9.09. The van der Waals surface area contributed by atoms with E-state index in [4.69, 9.17) is 11.5 Å². The SMILES string of the molecule is CCCCCC[P+](CCCCCC)(C(N)CCCC)C(N)CCCC. The molecule has 25 heavy (non-hydrogen) atoms. The van der Waals surface area contributed by atoms with Gasteiger partial charge in [-0.05, 0) is 51.4 Å². The van der Waals surface area contributed by atoms with Crippen LogP contribution in [0.25, 0.3) is 0 Å². The quantitative estimate of drug-likeness (QED) is 0.198. The second-order valence-electron chi connectivity index (χ2n) is 8.09. The third-order valence-electron chi connectivity index (χ3n) is 5.88. The van der Waals surface area contributed by atoms with Crippen LogP contribution in [0.5, 0.6) is 0 Å². The van der Waals surface area contributed by atoms with Crippen molar-refractivity contribution in [2.75, 3.05) is 12.3 Å². The minimum absolute atomic E-state index is 0.391. The number of nitrogens with two attached hydrogens (primary N) is 2. The van der Waals surface area contributed by atoms with Crippen molar-refractivity contribution in [3.63, 3.8) is 0 Å². The second kappa shape index (κ2) is 16.5. The van der Waals surface area contributed by atoms with Gasteiger partial charge < -0.3 is 0 Å². The van der Waals surface area contributed by atoms with Crippen molar-refractivity contribution >= 4 is 7.26 Å². The maximum absolute atomic E-state index is 6.91. The van der Waals surface area contributed by atoms with Gasteiger partial charge in [-0.2, -0.15) is 0 Å². The van der Waals surface area contributed by atoms with Gasteiger partial charge in [0.1, 0.15) is 11.6 Å². The Hall–Kier alpha value is 0.350. The Morgan fingerprint density at radius 3 is 1.20 bits per heavy atom. The lowest BCUT2D eigenvalue weighted by Crippen LogP contribution is -2.39. The van der Waals surface area contributed by atoms with Crippen LogP contribution in [0.2, 0.25) is 0 Å². The van der Waals surface area contributed by atoms with E-state index < -0.39 is 7.26 Å². The number of unbranched alkanes of at least 4 members (excludes halogenated alkanes) is 8. The van der Waals surface area contributed by atoms with Crippen LogP contribution in [0.3, 0.4) is 0 Å². The van der Waals surface area contributed by atoms with E-state index in [1.807, 2.05) is 0 Å². The molecule has 152 valence electrons. The highest BCUT2D eigenvalue weighted by Gasteiger charge is 2.47. The summed E-state index contributed by atoms with van der Waals surface area (Å²) in [6, 6.07) is 0. The Morgan fingerprint density at radius 1 is 0.520 bits per heavy atom. The highest BCUT2D eigenvalue weighted by Crippen LogP contribution is 2.67. The lowest BCUT2D eigenvalue weighted by Gasteiger charge is -2.38. The van der Waals surface area contributed by atoms with Gasteiger partial charge in [-0.3, -0.25) is 11.5 Å². The van der Waals surface area contributed by atoms with Gasteiger partial charge in [0.05, 0.1) is 12.3 Å². The summed E-state index contributed by atoms with van der Waals surface area (Å²) in [5, 5.41) is 0. The van der Waals surface area contributed by atoms with Crippen LogP contribution >= 0.6 is 7.26 Å². The molecule has 0 amide bonds. The zero-order valence-corrected chi connectivity index (χ0v) is 19.0. The van der Waals surface area contributed by atoms with E-state index in [9.17, 15) is 0 Å². The lowest BCUT2D eigenvalue weighted by atomic mass is 10.2. The Bertz CT molecular complexity index is 255. The topological polar surface area (TPSA) is 52.0 Å². The number of rotatable bonds is 18. The molecule has 0 aliphatic rings. The van der Waals surface area contributed by atoms with Gasteiger partial charge in [0.15, 0.2) is 0 Å². The minimum Gasteiger partial charge on any atom is -0.297 e. The van der Waals surface area contributed by atoms with Gasteiger partial charge in [-0.15, -0.1) is 0 Å². The third-order valence-corrected chi connectivity index (χ3v) is 11.3. The summed E-state index contributed by atoms with van der Waals surface area (Å²) >= 11 is 0. The molecule has 0 aromatic heterocycles. The summed E-state index contributed by atoms with van der Waals surface area (Å²) in [4.78, 5) is 0. The van der Waals surface area contributed by atoms with Crippen LogP contribution in [-0.2, 0) is 0 Å². The van der Waals surface area contributed by atoms with E-state index in [2.05, 4.69) is 27.7 Å². The Kier molecular flexibility index (Phi) is 16.7. The van der Waals surface area contributed by atoms with Crippen molar-refractivity contribution < 1.29 is 0 Å². The zero-order chi connectivity index (χ0) is 19.0. The molecular weight excluding hydrogens is 323 g/mol. The largest absolute Gasteiger partial charge is 0.297 e. The molecule has 2 atom stereocenters. The molecule has 0 aliphatic carbocycles. The average Bonchev–Trinajstić information content (AvgIpc) is 2.62. The highest BCUT2D eigenvalue weighted by atomic mass is 31.2. The summed E-state index contributed by atoms with van der Waals surface area (Å²) < 4.78 is 0. The molecule has 0 saturated heterocycles. The normalized spacial score (nSPS) is 14.6. The fraction of sp³-hybridized carbons (Fsp3) is 1.00. The first kappa shape index (κ1) is 25.4. The van der Waals surface area contributed by atoms with E-state index in [1.54, 1.807) is 0 Å². The van der Waals surface area contributed by atoms with Gasteiger partial charge in [0.2, 0.25) is 0 Å². The molecule has 3 heteroatoms. The van der Waals surface area contributed by atoms with Gasteiger partial charge in [-0.1, -0.05) is 66.2 Å². The predicted octanol–water partition coefficient (Wildman–Crippen LogP) is 7.11. The molecule has 0 aromatic rings. The van der Waals surface area contributed by atoms with Crippen LogP contribution < -0.4 is 11.5 Å². The molecule has 0 aromatic carbocycles. The van der Waals surface area contributed by atoms with E-state index in [-0.39, 0.29) is 0 Å². The van der Waals surface area contributed by atoms with Crippen LogP contribution in [0.1, 0.15) is 118 Å². The maximum atomic E-state index is 6.91. The molecule has 0 spiro atoms. The monoisotopic (exact) mass is 373 g/mol. The fourth-order valence-electron chi connectivity index (χ4n) is 4.03. The molecular formula is C22H50N2P+. The van der Waals surface area contributed by atoms with Crippen LogP contribution in [0.4, 0.5) is 0 Å². The number of hydrogen-bond donors (Lipinski definition) is 2. The van der Waals surface area contributed by atoms with E-state index in [0.29, 0.717) is 11.6 Å². The molecule has 0 fully saturated rings. The predicted molar refractivity (Wildman–Crippen MR) is 120 cm³/mol. The van der Waals surface area contributed by atoms with Gasteiger partial charge in [-0.25, -0.2) is 0 Å². The molecule has 0 aliphatic heterocycles. The second-order valence-corrected chi connectivity index (χ2v) is 12.5. The highest BCUT2D eigenvalue weighted by molar-refractivity contribution is 7.77. The van der Waals surface area contributed by atoms with Gasteiger partial charge >= 0.3 is 0 Å². The lowest BCUT2D eigenvalue weighted by molar-refractivity contribution is 0.630. The van der Waals surface area contributed by atoms with Crippen molar-refractivity contribution in [3.05, 3.63) is 0 Å². The molecule has 2 nitrogen and oxygen atoms in total. The van der Waals surface area contributed by atoms with Crippen molar-refractivity contribution in [1.82, 2.24) is 0 Å². The minimum atomic E-state index is -1.26. The molecule has 0 saturated carbocycles. The summed E-state index contributed by atoms with van der Waals surface area (Å²) in [5.74, 6) is 0.783. The first-order chi connectivity index (χ1) is 12.1. The third kappa shape index (κ3) is 10.3. The summed E-state index contributed by atoms with van der Waals surface area (Å²) in [6.45, 7) is 9.17. The van der Waals surface area contributed by atoms with Crippen LogP contribution in [0, 0.1) is 0 Å². The van der Waals surface area contributed by atoms with E-state index >= 15 is 0 Å². The van der Waals surface area contributed by atoms with Crippen molar-refractivity contribution in [1.29, 1.82) is 0 Å².